The highest BCUT2D eigenvalue weighted by Gasteiger charge is 2.19. The Morgan fingerprint density at radius 3 is 2.79 bits per heavy atom. The van der Waals surface area contributed by atoms with Crippen LogP contribution in [0.5, 0.6) is 0 Å². The first-order valence-corrected chi connectivity index (χ1v) is 4.01. The molecule has 0 saturated heterocycles. The summed E-state index contributed by atoms with van der Waals surface area (Å²) in [6.07, 6.45) is 0. The van der Waals surface area contributed by atoms with E-state index in [1.165, 1.54) is 5.56 Å². The van der Waals surface area contributed by atoms with Crippen molar-refractivity contribution in [3.05, 3.63) is 29.8 Å². The van der Waals surface area contributed by atoms with E-state index in [-0.39, 0.29) is 6.15 Å². The van der Waals surface area contributed by atoms with Crippen LogP contribution in [0.3, 0.4) is 0 Å². The fourth-order valence-corrected chi connectivity index (χ4v) is 1.54. The molecule has 4 heteroatoms. The molecule has 1 aromatic carbocycles. The molecule has 5 N–H and O–H groups in total. The van der Waals surface area contributed by atoms with Gasteiger partial charge in [-0.1, -0.05) is 6.07 Å². The fraction of sp³-hybridized carbons (Fsp3) is 0. The van der Waals surface area contributed by atoms with E-state index in [0.717, 1.165) is 16.6 Å². The molecule has 4 nitrogen and oxygen atoms in total. The molecule has 0 saturated carbocycles. The van der Waals surface area contributed by atoms with E-state index in [0.29, 0.717) is 5.56 Å². The first kappa shape index (κ1) is 8.65. The van der Waals surface area contributed by atoms with Gasteiger partial charge in [-0.2, -0.15) is 0 Å². The van der Waals surface area contributed by atoms with E-state index >= 15 is 0 Å². The summed E-state index contributed by atoms with van der Waals surface area (Å²) in [6.45, 7) is 0. The van der Waals surface area contributed by atoms with Gasteiger partial charge in [0.25, 0.3) is 0 Å². The molecule has 0 aromatic heterocycles. The third-order valence-electron chi connectivity index (χ3n) is 2.29. The molecule has 0 atom stereocenters. The monoisotopic (exact) mass is 187 g/mol. The van der Waals surface area contributed by atoms with E-state index in [1.807, 2.05) is 12.1 Å². The smallest absolute Gasteiger partial charge is 0.248 e. The molecule has 1 amide bonds. The Kier molecular flexibility index (Phi) is 1.56. The van der Waals surface area contributed by atoms with Crippen molar-refractivity contribution in [1.82, 2.24) is 11.1 Å². The van der Waals surface area contributed by atoms with E-state index in [9.17, 15) is 4.79 Å². The summed E-state index contributed by atoms with van der Waals surface area (Å²) in [6, 6.07) is 7.38. The Balaban J connectivity index is 0.000000750. The number of nitrogens with zero attached hydrogens (tertiary/aromatic N) is 1. The minimum absolute atomic E-state index is 0. The number of carbonyl (C=O) groups excluding carboxylic acids is 1. The molecule has 0 bridgehead atoms. The number of rotatable bonds is 1. The van der Waals surface area contributed by atoms with Crippen LogP contribution in [0.1, 0.15) is 10.4 Å². The lowest BCUT2D eigenvalue weighted by molar-refractivity contribution is 0.100. The highest BCUT2D eigenvalue weighted by atomic mass is 16.1. The number of primary amides is 1. The zero-order chi connectivity index (χ0) is 9.00. The minimum atomic E-state index is -0.405. The average molecular weight is 187 g/mol. The predicted molar refractivity (Wildman–Crippen MR) is 54.3 cm³/mol. The SMILES string of the molecule is N.NC(=O)c1ccc2c3cc-3nc2c1. The normalized spacial score (nSPS) is 10.9. The third-order valence-corrected chi connectivity index (χ3v) is 2.29. The molecule has 1 heterocycles. The molecule has 2 aliphatic rings. The van der Waals surface area contributed by atoms with Gasteiger partial charge in [0.05, 0.1) is 11.2 Å². The number of pyridine rings is 1. The summed E-state index contributed by atoms with van der Waals surface area (Å²) in [5.74, 6) is -0.405. The molecule has 0 spiro atoms. The van der Waals surface area contributed by atoms with Crippen LogP contribution >= 0.6 is 0 Å². The molecular formula is C10H9N3O. The zero-order valence-electron chi connectivity index (χ0n) is 7.45. The lowest BCUT2D eigenvalue weighted by Gasteiger charge is -1.94. The van der Waals surface area contributed by atoms with Gasteiger partial charge < -0.3 is 11.9 Å². The average Bonchev–Trinajstić information content (AvgIpc) is 2.78. The first-order chi connectivity index (χ1) is 6.25. The molecule has 0 unspecified atom stereocenters. The molecule has 0 fully saturated rings. The maximum absolute atomic E-state index is 10.9. The van der Waals surface area contributed by atoms with E-state index in [2.05, 4.69) is 4.98 Å². The zero-order valence-corrected chi connectivity index (χ0v) is 7.45. The maximum atomic E-state index is 10.9. The Bertz CT molecular complexity index is 548. The summed E-state index contributed by atoms with van der Waals surface area (Å²) >= 11 is 0. The fourth-order valence-electron chi connectivity index (χ4n) is 1.54. The molecule has 14 heavy (non-hydrogen) atoms. The van der Waals surface area contributed by atoms with E-state index in [1.54, 1.807) is 12.1 Å². The van der Waals surface area contributed by atoms with Crippen LogP contribution in [0, 0.1) is 0 Å². The highest BCUT2D eigenvalue weighted by Crippen LogP contribution is 2.39. The van der Waals surface area contributed by atoms with Crippen molar-refractivity contribution in [2.45, 2.75) is 0 Å². The number of amides is 1. The van der Waals surface area contributed by atoms with Crippen LogP contribution in [0.25, 0.3) is 22.2 Å². The van der Waals surface area contributed by atoms with Gasteiger partial charge in [0.1, 0.15) is 0 Å². The van der Waals surface area contributed by atoms with Gasteiger partial charge >= 0.3 is 0 Å². The van der Waals surface area contributed by atoms with Crippen LogP contribution < -0.4 is 11.9 Å². The van der Waals surface area contributed by atoms with Gasteiger partial charge in [-0.15, -0.1) is 0 Å². The van der Waals surface area contributed by atoms with Crippen LogP contribution in [0.2, 0.25) is 0 Å². The van der Waals surface area contributed by atoms with Crippen molar-refractivity contribution in [2.24, 2.45) is 5.73 Å². The van der Waals surface area contributed by atoms with Crippen LogP contribution in [0.15, 0.2) is 24.3 Å². The summed E-state index contributed by atoms with van der Waals surface area (Å²) in [5, 5.41) is 1.11. The second-order valence-corrected chi connectivity index (χ2v) is 3.15. The number of nitrogens with two attached hydrogens (primary N) is 1. The third kappa shape index (κ3) is 0.978. The van der Waals surface area contributed by atoms with Gasteiger partial charge in [0.15, 0.2) is 0 Å². The number of aromatic nitrogens is 1. The number of fused-ring (bicyclic) bond motifs is 3. The van der Waals surface area contributed by atoms with Crippen molar-refractivity contribution in [3.8, 4) is 11.3 Å². The van der Waals surface area contributed by atoms with E-state index < -0.39 is 5.91 Å². The summed E-state index contributed by atoms with van der Waals surface area (Å²) in [4.78, 5) is 15.1. The Morgan fingerprint density at radius 2 is 2.07 bits per heavy atom. The molecule has 70 valence electrons. The standard InChI is InChI=1S/C10H6N2O.H3N/c11-10(13)5-1-2-6-7-4-9(7)12-8(6)3-5;/h1-4H,(H2,11,13);1H3. The van der Waals surface area contributed by atoms with E-state index in [4.69, 9.17) is 5.73 Å². The molecule has 1 aliphatic heterocycles. The van der Waals surface area contributed by atoms with Crippen molar-refractivity contribution in [2.75, 3.05) is 0 Å². The van der Waals surface area contributed by atoms with Crippen molar-refractivity contribution >= 4 is 16.8 Å². The Morgan fingerprint density at radius 1 is 1.29 bits per heavy atom. The van der Waals surface area contributed by atoms with Crippen LogP contribution in [0.4, 0.5) is 0 Å². The van der Waals surface area contributed by atoms with Gasteiger partial charge in [-0.05, 0) is 18.2 Å². The minimum Gasteiger partial charge on any atom is -0.366 e. The second-order valence-electron chi connectivity index (χ2n) is 3.15. The lowest BCUT2D eigenvalue weighted by atomic mass is 10.1. The van der Waals surface area contributed by atoms with Gasteiger partial charge in [-0.3, -0.25) is 4.79 Å². The topological polar surface area (TPSA) is 91.0 Å². The Hall–Kier alpha value is -1.94. The summed E-state index contributed by atoms with van der Waals surface area (Å²) in [5.41, 5.74) is 8.77. The van der Waals surface area contributed by atoms with Crippen molar-refractivity contribution < 1.29 is 4.79 Å². The molecule has 3 rings (SSSR count). The largest absolute Gasteiger partial charge is 0.366 e. The number of hydrogen-bond acceptors (Lipinski definition) is 3. The summed E-state index contributed by atoms with van der Waals surface area (Å²) in [7, 11) is 0. The van der Waals surface area contributed by atoms with Gasteiger partial charge in [-0.25, -0.2) is 4.98 Å². The van der Waals surface area contributed by atoms with Crippen molar-refractivity contribution in [3.63, 3.8) is 0 Å². The van der Waals surface area contributed by atoms with Crippen LogP contribution in [-0.2, 0) is 0 Å². The quantitative estimate of drug-likeness (QED) is 0.604. The predicted octanol–water partition coefficient (Wildman–Crippen LogP) is 1.48. The molecule has 0 radical (unpaired) electrons. The second kappa shape index (κ2) is 2.52. The number of benzene rings is 1. The van der Waals surface area contributed by atoms with Crippen LogP contribution in [-0.4, -0.2) is 10.9 Å². The lowest BCUT2D eigenvalue weighted by Crippen LogP contribution is -2.10. The van der Waals surface area contributed by atoms with Gasteiger partial charge in [0, 0.05) is 16.5 Å². The summed E-state index contributed by atoms with van der Waals surface area (Å²) < 4.78 is 0. The molecule has 1 aromatic rings. The highest BCUT2D eigenvalue weighted by molar-refractivity contribution is 6.07. The molecular weight excluding hydrogens is 178 g/mol. The molecule has 1 aliphatic carbocycles. The van der Waals surface area contributed by atoms with Crippen molar-refractivity contribution in [1.29, 1.82) is 0 Å². The first-order valence-electron chi connectivity index (χ1n) is 4.01. The van der Waals surface area contributed by atoms with Gasteiger partial charge in [0.2, 0.25) is 5.91 Å². The Labute approximate surface area is 80.3 Å². The maximum Gasteiger partial charge on any atom is 0.248 e. The number of carbonyl (C=O) groups is 1. The number of hydrogen-bond donors (Lipinski definition) is 2.